The highest BCUT2D eigenvalue weighted by molar-refractivity contribution is 5.40. The fourth-order valence-electron chi connectivity index (χ4n) is 2.04. The fourth-order valence-corrected chi connectivity index (χ4v) is 2.04. The molecule has 0 saturated heterocycles. The standard InChI is InChI=1S/C12H17N/c1-9-4-5-11-6-7-13(3)8-12(11)10(9)2/h4-5H,6-8H2,1-3H3. The molecule has 0 aromatic heterocycles. The minimum absolute atomic E-state index is 1.13. The van der Waals surface area contributed by atoms with E-state index in [0.717, 1.165) is 6.54 Å². The molecule has 1 aliphatic heterocycles. The molecule has 1 heteroatoms. The van der Waals surface area contributed by atoms with Crippen molar-refractivity contribution in [3.8, 4) is 0 Å². The van der Waals surface area contributed by atoms with Crippen molar-refractivity contribution in [1.82, 2.24) is 4.90 Å². The lowest BCUT2D eigenvalue weighted by Crippen LogP contribution is -2.27. The highest BCUT2D eigenvalue weighted by Crippen LogP contribution is 2.23. The molecule has 0 unspecified atom stereocenters. The molecule has 0 bridgehead atoms. The predicted molar refractivity (Wildman–Crippen MR) is 56.0 cm³/mol. The molecule has 0 fully saturated rings. The second kappa shape index (κ2) is 3.15. The summed E-state index contributed by atoms with van der Waals surface area (Å²) in [7, 11) is 2.20. The predicted octanol–water partition coefficient (Wildman–Crippen LogP) is 2.29. The van der Waals surface area contributed by atoms with Crippen molar-refractivity contribution in [2.24, 2.45) is 0 Å². The van der Waals surface area contributed by atoms with Crippen LogP contribution in [0.15, 0.2) is 12.1 Å². The topological polar surface area (TPSA) is 3.24 Å². The summed E-state index contributed by atoms with van der Waals surface area (Å²) in [4.78, 5) is 2.40. The summed E-state index contributed by atoms with van der Waals surface area (Å²) in [5, 5.41) is 0. The molecule has 1 heterocycles. The summed E-state index contributed by atoms with van der Waals surface area (Å²) in [6.07, 6.45) is 1.22. The monoisotopic (exact) mass is 175 g/mol. The lowest BCUT2D eigenvalue weighted by Gasteiger charge is -2.27. The van der Waals surface area contributed by atoms with Crippen LogP contribution in [-0.4, -0.2) is 18.5 Å². The Bertz CT molecular complexity index is 328. The van der Waals surface area contributed by atoms with Crippen LogP contribution in [0.3, 0.4) is 0 Å². The number of hydrogen-bond donors (Lipinski definition) is 0. The van der Waals surface area contributed by atoms with Crippen LogP contribution in [-0.2, 0) is 13.0 Å². The van der Waals surface area contributed by atoms with Crippen LogP contribution in [0.25, 0.3) is 0 Å². The molecule has 13 heavy (non-hydrogen) atoms. The Hall–Kier alpha value is -0.820. The lowest BCUT2D eigenvalue weighted by molar-refractivity contribution is 0.312. The molecule has 0 N–H and O–H groups in total. The van der Waals surface area contributed by atoms with E-state index < -0.39 is 0 Å². The number of hydrogen-bond acceptors (Lipinski definition) is 1. The Morgan fingerprint density at radius 2 is 2.00 bits per heavy atom. The van der Waals surface area contributed by atoms with Gasteiger partial charge in [0.15, 0.2) is 0 Å². The molecule has 2 rings (SSSR count). The van der Waals surface area contributed by atoms with Gasteiger partial charge in [-0.15, -0.1) is 0 Å². The second-order valence-corrected chi connectivity index (χ2v) is 4.13. The molecule has 1 nitrogen and oxygen atoms in total. The number of nitrogens with zero attached hydrogens (tertiary/aromatic N) is 1. The Labute approximate surface area is 80.4 Å². The van der Waals surface area contributed by atoms with Gasteiger partial charge in [-0.1, -0.05) is 12.1 Å². The zero-order valence-corrected chi connectivity index (χ0v) is 8.72. The summed E-state index contributed by atoms with van der Waals surface area (Å²) in [6.45, 7) is 6.77. The van der Waals surface area contributed by atoms with Gasteiger partial charge in [0, 0.05) is 13.1 Å². The van der Waals surface area contributed by atoms with E-state index in [2.05, 4.69) is 37.9 Å². The molecular weight excluding hydrogens is 158 g/mol. The highest BCUT2D eigenvalue weighted by Gasteiger charge is 2.15. The van der Waals surface area contributed by atoms with E-state index in [1.54, 1.807) is 11.1 Å². The van der Waals surface area contributed by atoms with Crippen LogP contribution < -0.4 is 0 Å². The Morgan fingerprint density at radius 3 is 2.77 bits per heavy atom. The Morgan fingerprint density at radius 1 is 1.23 bits per heavy atom. The van der Waals surface area contributed by atoms with Crippen LogP contribution in [0.4, 0.5) is 0 Å². The Balaban J connectivity index is 2.48. The molecule has 0 amide bonds. The number of likely N-dealkylation sites (N-methyl/N-ethyl adjacent to an activating group) is 1. The van der Waals surface area contributed by atoms with Crippen LogP contribution >= 0.6 is 0 Å². The van der Waals surface area contributed by atoms with E-state index in [1.165, 1.54) is 24.1 Å². The van der Waals surface area contributed by atoms with Gasteiger partial charge in [0.25, 0.3) is 0 Å². The van der Waals surface area contributed by atoms with Crippen molar-refractivity contribution in [3.05, 3.63) is 34.4 Å². The first-order chi connectivity index (χ1) is 6.18. The zero-order chi connectivity index (χ0) is 9.42. The third-order valence-electron chi connectivity index (χ3n) is 3.16. The molecule has 0 saturated carbocycles. The van der Waals surface area contributed by atoms with E-state index in [4.69, 9.17) is 0 Å². The normalized spacial score (nSPS) is 17.2. The summed E-state index contributed by atoms with van der Waals surface area (Å²) in [6, 6.07) is 4.55. The largest absolute Gasteiger partial charge is 0.302 e. The molecular formula is C12H17N. The molecule has 0 aliphatic carbocycles. The number of benzene rings is 1. The first-order valence-corrected chi connectivity index (χ1v) is 4.95. The van der Waals surface area contributed by atoms with Gasteiger partial charge in [-0.05, 0) is 49.6 Å². The zero-order valence-electron chi connectivity index (χ0n) is 8.72. The number of aryl methyl sites for hydroxylation is 1. The molecule has 0 spiro atoms. The van der Waals surface area contributed by atoms with Gasteiger partial charge in [-0.25, -0.2) is 0 Å². The van der Waals surface area contributed by atoms with Gasteiger partial charge in [-0.3, -0.25) is 0 Å². The van der Waals surface area contributed by atoms with Gasteiger partial charge < -0.3 is 4.90 Å². The third kappa shape index (κ3) is 1.49. The van der Waals surface area contributed by atoms with E-state index in [9.17, 15) is 0 Å². The van der Waals surface area contributed by atoms with Gasteiger partial charge in [0.05, 0.1) is 0 Å². The molecule has 1 aromatic carbocycles. The maximum Gasteiger partial charge on any atom is 0.0236 e. The van der Waals surface area contributed by atoms with E-state index in [0.29, 0.717) is 0 Å². The summed E-state index contributed by atoms with van der Waals surface area (Å²) < 4.78 is 0. The molecule has 0 atom stereocenters. The van der Waals surface area contributed by atoms with E-state index >= 15 is 0 Å². The maximum atomic E-state index is 2.40. The van der Waals surface area contributed by atoms with E-state index in [-0.39, 0.29) is 0 Å². The molecule has 70 valence electrons. The van der Waals surface area contributed by atoms with E-state index in [1.807, 2.05) is 0 Å². The van der Waals surface area contributed by atoms with Crippen LogP contribution in [0.2, 0.25) is 0 Å². The van der Waals surface area contributed by atoms with Gasteiger partial charge in [0.2, 0.25) is 0 Å². The average molecular weight is 175 g/mol. The summed E-state index contributed by atoms with van der Waals surface area (Å²) >= 11 is 0. The van der Waals surface area contributed by atoms with Gasteiger partial charge in [0.1, 0.15) is 0 Å². The van der Waals surface area contributed by atoms with Crippen LogP contribution in [0.5, 0.6) is 0 Å². The fraction of sp³-hybridized carbons (Fsp3) is 0.500. The van der Waals surface area contributed by atoms with Crippen molar-refractivity contribution in [3.63, 3.8) is 0 Å². The molecule has 0 radical (unpaired) electrons. The smallest absolute Gasteiger partial charge is 0.0236 e. The van der Waals surface area contributed by atoms with Crippen molar-refractivity contribution in [2.45, 2.75) is 26.8 Å². The first-order valence-electron chi connectivity index (χ1n) is 4.95. The first kappa shape index (κ1) is 8.76. The lowest BCUT2D eigenvalue weighted by atomic mass is 9.93. The summed E-state index contributed by atoms with van der Waals surface area (Å²) in [5.74, 6) is 0. The number of fused-ring (bicyclic) bond motifs is 1. The van der Waals surface area contributed by atoms with Crippen molar-refractivity contribution >= 4 is 0 Å². The minimum Gasteiger partial charge on any atom is -0.302 e. The average Bonchev–Trinajstić information content (AvgIpc) is 2.12. The maximum absolute atomic E-state index is 2.40. The number of rotatable bonds is 0. The molecule has 1 aliphatic rings. The quantitative estimate of drug-likeness (QED) is 0.585. The third-order valence-corrected chi connectivity index (χ3v) is 3.16. The van der Waals surface area contributed by atoms with Crippen molar-refractivity contribution in [2.75, 3.05) is 13.6 Å². The Kier molecular flexibility index (Phi) is 2.12. The summed E-state index contributed by atoms with van der Waals surface area (Å²) in [5.41, 5.74) is 6.04. The second-order valence-electron chi connectivity index (χ2n) is 4.13. The SMILES string of the molecule is Cc1ccc2c(c1C)CN(C)CC2. The van der Waals surface area contributed by atoms with Crippen LogP contribution in [0.1, 0.15) is 22.3 Å². The van der Waals surface area contributed by atoms with Crippen molar-refractivity contribution < 1.29 is 0 Å². The highest BCUT2D eigenvalue weighted by atomic mass is 15.1. The van der Waals surface area contributed by atoms with Crippen LogP contribution in [0, 0.1) is 13.8 Å². The molecule has 1 aromatic rings. The van der Waals surface area contributed by atoms with Crippen molar-refractivity contribution in [1.29, 1.82) is 0 Å². The minimum atomic E-state index is 1.13. The van der Waals surface area contributed by atoms with Gasteiger partial charge >= 0.3 is 0 Å². The van der Waals surface area contributed by atoms with Gasteiger partial charge in [-0.2, -0.15) is 0 Å².